The predicted octanol–water partition coefficient (Wildman–Crippen LogP) is 17.5. The number of phosphoric acid groups is 1. The Bertz CT molecular complexity index is 1250. The zero-order valence-corrected chi connectivity index (χ0v) is 48.1. The van der Waals surface area contributed by atoms with Crippen LogP contribution in [0.25, 0.3) is 0 Å². The summed E-state index contributed by atoms with van der Waals surface area (Å²) in [6.45, 7) is 6.87. The highest BCUT2D eigenvalue weighted by Crippen LogP contribution is 2.38. The Hall–Kier alpha value is -1.51. The summed E-state index contributed by atoms with van der Waals surface area (Å²) in [7, 11) is 1.20. The number of amides is 1. The van der Waals surface area contributed by atoms with E-state index < -0.39 is 20.0 Å². The van der Waals surface area contributed by atoms with Crippen molar-refractivity contribution in [2.24, 2.45) is 0 Å². The molecule has 0 aliphatic carbocycles. The molecule has 0 aliphatic heterocycles. The van der Waals surface area contributed by atoms with Gasteiger partial charge in [-0.1, -0.05) is 251 Å². The van der Waals surface area contributed by atoms with Gasteiger partial charge in [-0.3, -0.25) is 14.2 Å². The number of nitrogens with one attached hydrogen (secondary N) is 1. The molecule has 0 bridgehead atoms. The van der Waals surface area contributed by atoms with Crippen molar-refractivity contribution < 1.29 is 37.3 Å². The Balaban J connectivity index is 5.28. The third kappa shape index (κ3) is 51.4. The van der Waals surface area contributed by atoms with Crippen LogP contribution in [0.15, 0.2) is 24.3 Å². The van der Waals surface area contributed by atoms with E-state index in [4.69, 9.17) is 13.8 Å². The lowest BCUT2D eigenvalue weighted by Crippen LogP contribution is -2.47. The predicted molar refractivity (Wildman–Crippen MR) is 298 cm³/mol. The van der Waals surface area contributed by atoms with Crippen LogP contribution in [-0.2, 0) is 27.9 Å². The first kappa shape index (κ1) is 68.5. The van der Waals surface area contributed by atoms with Crippen molar-refractivity contribution in [2.75, 3.05) is 40.9 Å². The molecule has 0 aromatic rings. The minimum Gasteiger partial charge on any atom is -0.756 e. The number of carbonyl (C=O) groups is 2. The van der Waals surface area contributed by atoms with Crippen LogP contribution >= 0.6 is 7.82 Å². The van der Waals surface area contributed by atoms with Crippen molar-refractivity contribution in [2.45, 2.75) is 309 Å². The first-order chi connectivity index (χ1) is 33.9. The average molecular weight is 1010 g/mol. The summed E-state index contributed by atoms with van der Waals surface area (Å²) >= 11 is 0. The van der Waals surface area contributed by atoms with Gasteiger partial charge in [0.2, 0.25) is 5.91 Å². The third-order valence-electron chi connectivity index (χ3n) is 13.6. The fourth-order valence-electron chi connectivity index (χ4n) is 8.93. The summed E-state index contributed by atoms with van der Waals surface area (Å²) in [6.07, 6.45) is 58.5. The van der Waals surface area contributed by atoms with E-state index in [9.17, 15) is 19.0 Å². The van der Waals surface area contributed by atoms with E-state index in [-0.39, 0.29) is 31.5 Å². The molecule has 0 fully saturated rings. The largest absolute Gasteiger partial charge is 0.756 e. The molecule has 0 heterocycles. The van der Waals surface area contributed by atoms with Crippen molar-refractivity contribution in [3.8, 4) is 0 Å². The second-order valence-electron chi connectivity index (χ2n) is 21.9. The fourth-order valence-corrected chi connectivity index (χ4v) is 9.65. The highest BCUT2D eigenvalue weighted by Gasteiger charge is 2.27. The Morgan fingerprint density at radius 2 is 0.829 bits per heavy atom. The zero-order chi connectivity index (χ0) is 51.5. The van der Waals surface area contributed by atoms with Gasteiger partial charge >= 0.3 is 5.97 Å². The van der Waals surface area contributed by atoms with Crippen molar-refractivity contribution in [1.82, 2.24) is 5.32 Å². The molecule has 0 aromatic heterocycles. The van der Waals surface area contributed by atoms with Crippen LogP contribution < -0.4 is 10.2 Å². The van der Waals surface area contributed by atoms with Gasteiger partial charge in [-0.25, -0.2) is 0 Å². The minimum absolute atomic E-state index is 0.0198. The van der Waals surface area contributed by atoms with Crippen LogP contribution in [0, 0.1) is 0 Å². The molecule has 3 atom stereocenters. The zero-order valence-electron chi connectivity index (χ0n) is 47.2. The second kappa shape index (κ2) is 51.0. The van der Waals surface area contributed by atoms with Crippen molar-refractivity contribution in [3.63, 3.8) is 0 Å². The van der Waals surface area contributed by atoms with E-state index in [1.807, 2.05) is 33.3 Å². The van der Waals surface area contributed by atoms with Gasteiger partial charge in [0.25, 0.3) is 7.82 Å². The SMILES string of the molecule is CCCCCCCC/C=C/CCCCCCCCCC(=O)NC(COP(=O)([O-])OCC[N+](C)(C)C)C(/C=C/CCCCCCCCCCCC)OC(=O)CCCCCCCCCCCCCCCCC. The highest BCUT2D eigenvalue weighted by molar-refractivity contribution is 7.45. The summed E-state index contributed by atoms with van der Waals surface area (Å²) < 4.78 is 30.3. The molecule has 70 heavy (non-hydrogen) atoms. The van der Waals surface area contributed by atoms with Gasteiger partial charge in [-0.05, 0) is 57.4 Å². The number of hydrogen-bond acceptors (Lipinski definition) is 7. The Morgan fingerprint density at radius 1 is 0.486 bits per heavy atom. The van der Waals surface area contributed by atoms with Crippen LogP contribution in [0.5, 0.6) is 0 Å². The quantitative estimate of drug-likeness (QED) is 0.0212. The number of quaternary nitrogens is 1. The molecule has 10 heteroatoms. The summed E-state index contributed by atoms with van der Waals surface area (Å²) in [5.74, 6) is -0.532. The average Bonchev–Trinajstić information content (AvgIpc) is 3.32. The number of rotatable bonds is 55. The molecule has 0 spiro atoms. The van der Waals surface area contributed by atoms with Gasteiger partial charge < -0.3 is 28.5 Å². The molecule has 0 rings (SSSR count). The van der Waals surface area contributed by atoms with Crippen LogP contribution in [0.2, 0.25) is 0 Å². The Kier molecular flexibility index (Phi) is 49.9. The van der Waals surface area contributed by atoms with Crippen LogP contribution in [0.3, 0.4) is 0 Å². The normalized spacial score (nSPS) is 13.9. The highest BCUT2D eigenvalue weighted by atomic mass is 31.2. The number of allylic oxidation sites excluding steroid dienone is 3. The second-order valence-corrected chi connectivity index (χ2v) is 23.3. The molecule has 0 radical (unpaired) electrons. The molecule has 9 nitrogen and oxygen atoms in total. The summed E-state index contributed by atoms with van der Waals surface area (Å²) in [5.41, 5.74) is 0. The van der Waals surface area contributed by atoms with E-state index in [0.717, 1.165) is 70.6 Å². The van der Waals surface area contributed by atoms with Gasteiger partial charge in [-0.15, -0.1) is 0 Å². The molecule has 0 aromatic carbocycles. The molecular weight excluding hydrogens is 892 g/mol. The van der Waals surface area contributed by atoms with E-state index >= 15 is 0 Å². The molecular formula is C60H117N2O7P. The number of hydrogen-bond donors (Lipinski definition) is 1. The molecule has 0 aliphatic rings. The van der Waals surface area contributed by atoms with Crippen LogP contribution in [0.4, 0.5) is 0 Å². The maximum atomic E-state index is 13.5. The molecule has 1 N–H and O–H groups in total. The summed E-state index contributed by atoms with van der Waals surface area (Å²) in [5, 5.41) is 3.03. The lowest BCUT2D eigenvalue weighted by atomic mass is 10.0. The van der Waals surface area contributed by atoms with Crippen LogP contribution in [0.1, 0.15) is 297 Å². The Morgan fingerprint density at radius 3 is 1.21 bits per heavy atom. The van der Waals surface area contributed by atoms with Gasteiger partial charge in [0.1, 0.15) is 19.3 Å². The maximum absolute atomic E-state index is 13.5. The number of unbranched alkanes of at least 4 members (excludes halogenated alkanes) is 37. The molecule has 0 saturated heterocycles. The molecule has 1 amide bonds. The lowest BCUT2D eigenvalue weighted by Gasteiger charge is -2.30. The first-order valence-electron chi connectivity index (χ1n) is 30.1. The van der Waals surface area contributed by atoms with Gasteiger partial charge in [0.05, 0.1) is 33.8 Å². The van der Waals surface area contributed by atoms with Gasteiger partial charge in [0.15, 0.2) is 0 Å². The number of esters is 1. The number of likely N-dealkylation sites (N-methyl/N-ethyl adjacent to an activating group) is 1. The van der Waals surface area contributed by atoms with Gasteiger partial charge in [-0.2, -0.15) is 0 Å². The standard InChI is InChI=1S/C60H117N2O7P/c1-7-10-13-16-19-22-25-28-30-31-33-34-37-40-43-46-49-52-59(63)61-57(56-68-70(65,66)67-55-54-62(4,5)6)58(51-48-45-42-39-36-27-24-21-18-15-12-9-3)69-60(64)53-50-47-44-41-38-35-32-29-26-23-20-17-14-11-8-2/h28,30,48,51,57-58H,7-27,29,31-47,49-50,52-56H2,1-6H3,(H-,61,63,65,66)/b30-28+,51-48+. The van der Waals surface area contributed by atoms with E-state index in [1.54, 1.807) is 0 Å². The van der Waals surface area contributed by atoms with E-state index in [1.165, 1.54) is 193 Å². The molecule has 3 unspecified atom stereocenters. The van der Waals surface area contributed by atoms with Crippen LogP contribution in [-0.4, -0.2) is 69.4 Å². The molecule has 414 valence electrons. The monoisotopic (exact) mass is 1010 g/mol. The number of phosphoric ester groups is 1. The third-order valence-corrected chi connectivity index (χ3v) is 14.6. The smallest absolute Gasteiger partial charge is 0.306 e. The maximum Gasteiger partial charge on any atom is 0.306 e. The number of carbonyl (C=O) groups excluding carboxylic acids is 2. The molecule has 0 saturated carbocycles. The van der Waals surface area contributed by atoms with Crippen molar-refractivity contribution in [1.29, 1.82) is 0 Å². The first-order valence-corrected chi connectivity index (χ1v) is 31.6. The van der Waals surface area contributed by atoms with Crippen molar-refractivity contribution >= 4 is 19.7 Å². The Labute approximate surface area is 434 Å². The van der Waals surface area contributed by atoms with Crippen molar-refractivity contribution in [3.05, 3.63) is 24.3 Å². The number of nitrogens with zero attached hydrogens (tertiary/aromatic N) is 1. The number of ether oxygens (including phenoxy) is 1. The fraction of sp³-hybridized carbons (Fsp3) is 0.900. The summed E-state index contributed by atoms with van der Waals surface area (Å²) in [4.78, 5) is 39.9. The van der Waals surface area contributed by atoms with E-state index in [2.05, 4.69) is 38.2 Å². The lowest BCUT2D eigenvalue weighted by molar-refractivity contribution is -0.870. The summed E-state index contributed by atoms with van der Waals surface area (Å²) in [6, 6.07) is -0.884. The van der Waals surface area contributed by atoms with E-state index in [0.29, 0.717) is 17.4 Å². The topological polar surface area (TPSA) is 114 Å². The van der Waals surface area contributed by atoms with Gasteiger partial charge in [0, 0.05) is 12.8 Å². The minimum atomic E-state index is -4.69.